The molecule has 0 bridgehead atoms. The molecule has 2 unspecified atom stereocenters. The van der Waals surface area contributed by atoms with E-state index in [0.29, 0.717) is 6.42 Å². The van der Waals surface area contributed by atoms with Gasteiger partial charge in [0.25, 0.3) is 0 Å². The lowest BCUT2D eigenvalue weighted by molar-refractivity contribution is 0.0139. The van der Waals surface area contributed by atoms with E-state index >= 15 is 0 Å². The lowest BCUT2D eigenvalue weighted by Gasteiger charge is -2.35. The lowest BCUT2D eigenvalue weighted by Crippen LogP contribution is -2.34. The average molecular weight is 575 g/mol. The monoisotopic (exact) mass is 574 g/mol. The van der Waals surface area contributed by atoms with Crippen LogP contribution in [-0.4, -0.2) is 76.1 Å². The molecule has 13 nitrogen and oxygen atoms in total. The molecule has 17 heteroatoms. The molecule has 1 saturated carbocycles. The summed E-state index contributed by atoms with van der Waals surface area (Å²) in [6.07, 6.45) is 0.807. The Morgan fingerprint density at radius 1 is 1.05 bits per heavy atom. The Kier molecular flexibility index (Phi) is 8.22. The van der Waals surface area contributed by atoms with E-state index in [1.807, 2.05) is 0 Å². The fraction of sp³-hybridized carbons (Fsp3) is 0.524. The fourth-order valence-corrected chi connectivity index (χ4v) is 5.40. The molecule has 0 saturated heterocycles. The smallest absolute Gasteiger partial charge is 0.245 e. The van der Waals surface area contributed by atoms with Gasteiger partial charge < -0.3 is 14.2 Å². The first-order valence-electron chi connectivity index (χ1n) is 11.3. The molecular weight excluding hydrogens is 550 g/mol. The highest BCUT2D eigenvalue weighted by molar-refractivity contribution is 7.93. The number of aromatic nitrogens is 7. The normalized spacial score (nSPS) is 19.1. The highest BCUT2D eigenvalue weighted by Gasteiger charge is 2.43. The molecule has 0 spiro atoms. The predicted octanol–water partition coefficient (Wildman–Crippen LogP) is 2.79. The largest absolute Gasteiger partial charge is 0.479 e. The van der Waals surface area contributed by atoms with E-state index in [-0.39, 0.29) is 46.5 Å². The molecule has 1 fully saturated rings. The van der Waals surface area contributed by atoms with E-state index in [2.05, 4.69) is 34.9 Å². The number of alkyl halides is 2. The van der Waals surface area contributed by atoms with Crippen LogP contribution in [0.4, 0.5) is 14.7 Å². The van der Waals surface area contributed by atoms with Crippen molar-refractivity contribution in [1.82, 2.24) is 34.7 Å². The quantitative estimate of drug-likeness (QED) is 0.359. The molecule has 206 valence electrons. The van der Waals surface area contributed by atoms with Crippen LogP contribution in [0.5, 0.6) is 11.8 Å². The van der Waals surface area contributed by atoms with Crippen LogP contribution in [0, 0.1) is 5.92 Å². The Morgan fingerprint density at radius 3 is 2.18 bits per heavy atom. The predicted molar refractivity (Wildman–Crippen MR) is 130 cm³/mol. The molecule has 3 heterocycles. The first-order valence-corrected chi connectivity index (χ1v) is 13.2. The van der Waals surface area contributed by atoms with E-state index in [0.717, 1.165) is 0 Å². The van der Waals surface area contributed by atoms with Gasteiger partial charge in [-0.2, -0.15) is 9.97 Å². The maximum absolute atomic E-state index is 13.7. The molecule has 0 amide bonds. The summed E-state index contributed by atoms with van der Waals surface area (Å²) in [6, 6.07) is 0. The Bertz CT molecular complexity index is 1360. The number of anilines is 1. The second-order valence-electron chi connectivity index (χ2n) is 8.41. The molecule has 1 N–H and O–H groups in total. The first-order chi connectivity index (χ1) is 18.1. The molecule has 3 aromatic rings. The number of hydrogen-bond donors (Lipinski definition) is 1. The molecule has 4 atom stereocenters. The van der Waals surface area contributed by atoms with Gasteiger partial charge in [0.15, 0.2) is 11.5 Å². The summed E-state index contributed by atoms with van der Waals surface area (Å²) in [5.74, 6) is -1.84. The van der Waals surface area contributed by atoms with Crippen molar-refractivity contribution < 1.29 is 31.4 Å². The molecular formula is C21H25ClF2N8O5S. The molecule has 1 aliphatic rings. The van der Waals surface area contributed by atoms with Gasteiger partial charge in [-0.25, -0.2) is 27.2 Å². The van der Waals surface area contributed by atoms with Crippen molar-refractivity contribution in [2.45, 2.75) is 43.5 Å². The topological polar surface area (TPSA) is 156 Å². The number of rotatable bonds is 11. The van der Waals surface area contributed by atoms with Crippen LogP contribution in [0.2, 0.25) is 5.02 Å². The average Bonchev–Trinajstić information content (AvgIpc) is 3.25. The van der Waals surface area contributed by atoms with Crippen molar-refractivity contribution in [3.05, 3.63) is 35.4 Å². The van der Waals surface area contributed by atoms with Gasteiger partial charge in [0, 0.05) is 31.3 Å². The van der Waals surface area contributed by atoms with E-state index in [1.54, 1.807) is 0 Å². The maximum atomic E-state index is 13.7. The number of sulfonamides is 1. The second kappa shape index (κ2) is 11.2. The van der Waals surface area contributed by atoms with Gasteiger partial charge in [0.1, 0.15) is 23.5 Å². The summed E-state index contributed by atoms with van der Waals surface area (Å²) >= 11 is 5.84. The van der Waals surface area contributed by atoms with Crippen molar-refractivity contribution in [3.8, 4) is 17.4 Å². The minimum atomic E-state index is -4.27. The van der Waals surface area contributed by atoms with Crippen molar-refractivity contribution in [2.24, 2.45) is 5.92 Å². The number of halogens is 3. The number of ether oxygens (including phenoxy) is 3. The Labute approximate surface area is 222 Å². The van der Waals surface area contributed by atoms with Gasteiger partial charge in [-0.15, -0.1) is 10.2 Å². The molecule has 0 radical (unpaired) electrons. The molecule has 1 aliphatic carbocycles. The molecule has 0 aliphatic heterocycles. The Hall–Kier alpha value is -3.24. The van der Waals surface area contributed by atoms with Crippen LogP contribution in [-0.2, 0) is 14.8 Å². The van der Waals surface area contributed by atoms with E-state index in [4.69, 9.17) is 25.8 Å². The summed E-state index contributed by atoms with van der Waals surface area (Å²) < 4.78 is 74.0. The van der Waals surface area contributed by atoms with E-state index in [9.17, 15) is 17.2 Å². The van der Waals surface area contributed by atoms with Crippen molar-refractivity contribution in [2.75, 3.05) is 26.1 Å². The van der Waals surface area contributed by atoms with Crippen LogP contribution < -0.4 is 14.2 Å². The standard InChI is InChI=1S/C21H25ClF2N8O5S/c1-10(15(35-2)17-25-7-11(22)8-26-17)38(33,34)31-21-30-29-18(13-6-5-12(13)16(23)24)32(21)14-19(36-3)27-9-28-20(14)37-4/h7-10,12-13,15-16H,5-6H2,1-4H3,(H,30,31)/t10?,12-,13-,15?/m0/s1. The molecule has 3 aromatic heterocycles. The zero-order valence-electron chi connectivity index (χ0n) is 20.7. The Morgan fingerprint density at radius 2 is 1.68 bits per heavy atom. The first kappa shape index (κ1) is 27.8. The minimum absolute atomic E-state index is 0.0105. The molecule has 4 rings (SSSR count). The van der Waals surface area contributed by atoms with Gasteiger partial charge >= 0.3 is 0 Å². The number of nitrogens with zero attached hydrogens (tertiary/aromatic N) is 7. The zero-order valence-corrected chi connectivity index (χ0v) is 22.3. The third-order valence-electron chi connectivity index (χ3n) is 6.33. The molecule has 38 heavy (non-hydrogen) atoms. The minimum Gasteiger partial charge on any atom is -0.479 e. The fourth-order valence-electron chi connectivity index (χ4n) is 4.17. The Balaban J connectivity index is 1.79. The number of methoxy groups -OCH3 is 3. The van der Waals surface area contributed by atoms with E-state index in [1.165, 1.54) is 51.5 Å². The third kappa shape index (κ3) is 5.19. The highest BCUT2D eigenvalue weighted by Crippen LogP contribution is 2.47. The van der Waals surface area contributed by atoms with Crippen LogP contribution in [0.15, 0.2) is 18.7 Å². The van der Waals surface area contributed by atoms with Gasteiger partial charge in [0.2, 0.25) is 34.2 Å². The second-order valence-corrected chi connectivity index (χ2v) is 10.9. The lowest BCUT2D eigenvalue weighted by atomic mass is 9.73. The van der Waals surface area contributed by atoms with Crippen LogP contribution >= 0.6 is 11.6 Å². The van der Waals surface area contributed by atoms with E-state index < -0.39 is 39.6 Å². The SMILES string of the molecule is COc1ncnc(OC)c1-n1c(NS(=O)(=O)C(C)C(OC)c2ncc(Cl)cn2)nnc1[C@H]1CC[C@@H]1C(F)F. The van der Waals surface area contributed by atoms with Crippen LogP contribution in [0.25, 0.3) is 5.69 Å². The summed E-state index contributed by atoms with van der Waals surface area (Å²) in [7, 11) is -0.282. The van der Waals surface area contributed by atoms with Gasteiger partial charge in [-0.05, 0) is 19.8 Å². The maximum Gasteiger partial charge on any atom is 0.245 e. The van der Waals surface area contributed by atoms with Crippen molar-refractivity contribution >= 4 is 27.6 Å². The highest BCUT2D eigenvalue weighted by atomic mass is 35.5. The van der Waals surface area contributed by atoms with Crippen LogP contribution in [0.1, 0.15) is 43.4 Å². The van der Waals surface area contributed by atoms with Crippen molar-refractivity contribution in [3.63, 3.8) is 0 Å². The van der Waals surface area contributed by atoms with Crippen molar-refractivity contribution in [1.29, 1.82) is 0 Å². The summed E-state index contributed by atoms with van der Waals surface area (Å²) in [5.41, 5.74) is 0.0482. The molecule has 0 aromatic carbocycles. The van der Waals surface area contributed by atoms with Gasteiger partial charge in [-0.3, -0.25) is 9.29 Å². The summed E-state index contributed by atoms with van der Waals surface area (Å²) in [6.45, 7) is 1.39. The summed E-state index contributed by atoms with van der Waals surface area (Å²) in [5, 5.41) is 7.12. The van der Waals surface area contributed by atoms with Gasteiger partial charge in [-0.1, -0.05) is 11.6 Å². The number of hydrogen-bond acceptors (Lipinski definition) is 11. The van der Waals surface area contributed by atoms with Crippen LogP contribution in [0.3, 0.4) is 0 Å². The number of nitrogens with one attached hydrogen (secondary N) is 1. The summed E-state index contributed by atoms with van der Waals surface area (Å²) in [4.78, 5) is 16.2. The van der Waals surface area contributed by atoms with Gasteiger partial charge in [0.05, 0.1) is 19.2 Å². The third-order valence-corrected chi connectivity index (χ3v) is 8.22. The zero-order chi connectivity index (χ0) is 27.6.